The topological polar surface area (TPSA) is 119 Å². The fourth-order valence-corrected chi connectivity index (χ4v) is 4.52. The highest BCUT2D eigenvalue weighted by molar-refractivity contribution is 5.60. The van der Waals surface area contributed by atoms with Gasteiger partial charge in [0.2, 0.25) is 0 Å². The number of nitrogens with two attached hydrogens (primary N) is 2. The highest BCUT2D eigenvalue weighted by Gasteiger charge is 2.52. The number of likely N-dealkylation sites (tertiary alicyclic amines) is 1. The van der Waals surface area contributed by atoms with Crippen LogP contribution in [0.25, 0.3) is 11.5 Å². The van der Waals surface area contributed by atoms with E-state index in [0.29, 0.717) is 12.8 Å². The van der Waals surface area contributed by atoms with Crippen LogP contribution >= 0.6 is 0 Å². The largest absolute Gasteiger partial charge is 0.497 e. The summed E-state index contributed by atoms with van der Waals surface area (Å²) < 4.78 is 75.7. The minimum absolute atomic E-state index is 0.0193. The fraction of sp³-hybridized carbons (Fsp3) is 0.667. The number of rotatable bonds is 4. The third-order valence-electron chi connectivity index (χ3n) is 6.19. The smallest absolute Gasteiger partial charge is 0.404 e. The normalized spacial score (nSPS) is 30.4. The van der Waals surface area contributed by atoms with Crippen molar-refractivity contribution in [3.8, 4) is 0 Å². The summed E-state index contributed by atoms with van der Waals surface area (Å²) in [7, 11) is 1.19. The molecule has 4 rings (SSSR count). The standard InChI is InChI=1S/C18H22F5N5O3/c1-31-14-12-9(16(29)26-17(30)28(12)6-2-3-6)11(24)10(20)13(14)27-4-7(8(19)5-27)15(25)18(21,22)23/h6-8,10,13,15H,2-5,24-25H2,1H3,(H,26,29,30). The Bertz CT molecular complexity index is 1130. The Morgan fingerprint density at radius 1 is 1.19 bits per heavy atom. The van der Waals surface area contributed by atoms with E-state index in [1.807, 2.05) is 0 Å². The molecule has 172 valence electrons. The molecule has 1 aromatic rings. The van der Waals surface area contributed by atoms with Gasteiger partial charge in [0.1, 0.15) is 24.0 Å². The Hall–Kier alpha value is -2.41. The SMILES string of the molecule is COC1=c2c(c(=O)[nH]c(=O)n2C2CC2)=C(N)C(F)C1N1CC(F)C(C(N)C(F)(F)F)C1. The highest BCUT2D eigenvalue weighted by Crippen LogP contribution is 2.36. The Balaban J connectivity index is 1.88. The molecule has 31 heavy (non-hydrogen) atoms. The molecule has 0 spiro atoms. The van der Waals surface area contributed by atoms with E-state index in [4.69, 9.17) is 16.2 Å². The molecule has 2 fully saturated rings. The van der Waals surface area contributed by atoms with E-state index >= 15 is 4.39 Å². The number of nitrogens with zero attached hydrogens (tertiary/aromatic N) is 2. The molecule has 0 aromatic carbocycles. The monoisotopic (exact) mass is 451 g/mol. The molecule has 1 saturated heterocycles. The number of nitrogens with one attached hydrogen (secondary N) is 1. The van der Waals surface area contributed by atoms with Crippen LogP contribution in [0.15, 0.2) is 9.59 Å². The molecular formula is C18H22F5N5O3. The first kappa shape index (κ1) is 21.8. The van der Waals surface area contributed by atoms with Crippen LogP contribution in [-0.4, -0.2) is 65.3 Å². The molecule has 13 heteroatoms. The third-order valence-corrected chi connectivity index (χ3v) is 6.19. The van der Waals surface area contributed by atoms with E-state index in [0.717, 1.165) is 4.90 Å². The molecular weight excluding hydrogens is 429 g/mol. The predicted molar refractivity (Wildman–Crippen MR) is 99.5 cm³/mol. The molecule has 3 aliphatic rings. The Kier molecular flexibility index (Phi) is 5.16. The number of H-pyrrole nitrogens is 1. The first-order valence-electron chi connectivity index (χ1n) is 9.74. The second-order valence-electron chi connectivity index (χ2n) is 8.16. The van der Waals surface area contributed by atoms with E-state index in [2.05, 4.69) is 4.98 Å². The molecule has 1 aliphatic heterocycles. The van der Waals surface area contributed by atoms with Gasteiger partial charge in [0.05, 0.1) is 23.4 Å². The number of methoxy groups -OCH3 is 1. The lowest BCUT2D eigenvalue weighted by Crippen LogP contribution is -2.63. The fourth-order valence-electron chi connectivity index (χ4n) is 4.52. The number of alkyl halides is 5. The predicted octanol–water partition coefficient (Wildman–Crippen LogP) is -1.43. The maximum absolute atomic E-state index is 15.4. The van der Waals surface area contributed by atoms with Crippen molar-refractivity contribution in [1.29, 1.82) is 0 Å². The number of halogens is 5. The first-order valence-corrected chi connectivity index (χ1v) is 9.74. The van der Waals surface area contributed by atoms with Crippen molar-refractivity contribution in [1.82, 2.24) is 14.5 Å². The van der Waals surface area contributed by atoms with Crippen molar-refractivity contribution in [3.05, 3.63) is 31.4 Å². The van der Waals surface area contributed by atoms with Crippen LogP contribution in [0.3, 0.4) is 0 Å². The second kappa shape index (κ2) is 7.33. The van der Waals surface area contributed by atoms with Crippen LogP contribution in [-0.2, 0) is 4.74 Å². The molecule has 8 nitrogen and oxygen atoms in total. The Morgan fingerprint density at radius 3 is 2.39 bits per heavy atom. The van der Waals surface area contributed by atoms with Gasteiger partial charge in [-0.05, 0) is 12.8 Å². The lowest BCUT2D eigenvalue weighted by atomic mass is 9.97. The molecule has 0 bridgehead atoms. The van der Waals surface area contributed by atoms with E-state index in [-0.39, 0.29) is 22.4 Å². The van der Waals surface area contributed by atoms with Crippen LogP contribution in [0.4, 0.5) is 22.0 Å². The summed E-state index contributed by atoms with van der Waals surface area (Å²) >= 11 is 0. The molecule has 0 amide bonds. The van der Waals surface area contributed by atoms with Gasteiger partial charge in [-0.1, -0.05) is 0 Å². The van der Waals surface area contributed by atoms with Gasteiger partial charge < -0.3 is 16.2 Å². The number of aromatic nitrogens is 2. The van der Waals surface area contributed by atoms with Gasteiger partial charge in [-0.25, -0.2) is 13.6 Å². The Morgan fingerprint density at radius 2 is 1.84 bits per heavy atom. The summed E-state index contributed by atoms with van der Waals surface area (Å²) in [5.41, 5.74) is 9.01. The summed E-state index contributed by atoms with van der Waals surface area (Å²) in [5.74, 6) is -1.77. The number of aromatic amines is 1. The summed E-state index contributed by atoms with van der Waals surface area (Å²) in [6.07, 6.45) is -7.58. The van der Waals surface area contributed by atoms with Gasteiger partial charge in [0, 0.05) is 25.0 Å². The van der Waals surface area contributed by atoms with Gasteiger partial charge >= 0.3 is 11.9 Å². The lowest BCUT2D eigenvalue weighted by Gasteiger charge is -2.34. The van der Waals surface area contributed by atoms with Gasteiger partial charge in [0.25, 0.3) is 5.56 Å². The van der Waals surface area contributed by atoms with Crippen molar-refractivity contribution in [2.45, 2.75) is 49.5 Å². The zero-order valence-electron chi connectivity index (χ0n) is 16.5. The van der Waals surface area contributed by atoms with Gasteiger partial charge in [0.15, 0.2) is 6.17 Å². The molecule has 5 N–H and O–H groups in total. The zero-order chi connectivity index (χ0) is 22.8. The maximum atomic E-state index is 15.4. The number of fused-ring (bicyclic) bond motifs is 1. The van der Waals surface area contributed by atoms with E-state index in [1.165, 1.54) is 11.7 Å². The minimum Gasteiger partial charge on any atom is -0.497 e. The van der Waals surface area contributed by atoms with Crippen molar-refractivity contribution < 1.29 is 26.7 Å². The minimum atomic E-state index is -4.82. The Labute approximate surface area is 171 Å². The summed E-state index contributed by atoms with van der Waals surface area (Å²) in [5, 5.41) is -0.277. The molecule has 1 saturated carbocycles. The molecule has 2 heterocycles. The maximum Gasteiger partial charge on any atom is 0.404 e. The lowest BCUT2D eigenvalue weighted by molar-refractivity contribution is -0.161. The van der Waals surface area contributed by atoms with E-state index < -0.39 is 66.6 Å². The first-order chi connectivity index (χ1) is 14.5. The van der Waals surface area contributed by atoms with Crippen LogP contribution in [0.1, 0.15) is 18.9 Å². The quantitative estimate of drug-likeness (QED) is 0.483. The average Bonchev–Trinajstić information content (AvgIpc) is 3.44. The van der Waals surface area contributed by atoms with Gasteiger partial charge in [-0.2, -0.15) is 13.2 Å². The third kappa shape index (κ3) is 3.43. The zero-order valence-corrected chi connectivity index (χ0v) is 16.5. The van der Waals surface area contributed by atoms with Crippen molar-refractivity contribution >= 4 is 11.5 Å². The van der Waals surface area contributed by atoms with Crippen LogP contribution in [0.5, 0.6) is 0 Å². The average molecular weight is 451 g/mol. The van der Waals surface area contributed by atoms with Crippen LogP contribution in [0.2, 0.25) is 0 Å². The molecule has 2 aliphatic carbocycles. The highest BCUT2D eigenvalue weighted by atomic mass is 19.4. The van der Waals surface area contributed by atoms with Crippen molar-refractivity contribution in [3.63, 3.8) is 0 Å². The van der Waals surface area contributed by atoms with Gasteiger partial charge in [-0.15, -0.1) is 0 Å². The van der Waals surface area contributed by atoms with Crippen LogP contribution in [0, 0.1) is 5.92 Å². The molecule has 5 atom stereocenters. The summed E-state index contributed by atoms with van der Waals surface area (Å²) in [6, 6.07) is -4.10. The molecule has 0 radical (unpaired) electrons. The molecule has 5 unspecified atom stereocenters. The number of hydrogen-bond donors (Lipinski definition) is 3. The van der Waals surface area contributed by atoms with E-state index in [9.17, 15) is 27.2 Å². The summed E-state index contributed by atoms with van der Waals surface area (Å²) in [4.78, 5) is 28.1. The van der Waals surface area contributed by atoms with Gasteiger partial charge in [-0.3, -0.25) is 19.2 Å². The summed E-state index contributed by atoms with van der Waals surface area (Å²) in [6.45, 7) is -1.04. The number of ether oxygens (including phenoxy) is 1. The van der Waals surface area contributed by atoms with Crippen LogP contribution < -0.4 is 33.3 Å². The van der Waals surface area contributed by atoms with Crippen molar-refractivity contribution in [2.24, 2.45) is 17.4 Å². The number of hydrogen-bond acceptors (Lipinski definition) is 6. The van der Waals surface area contributed by atoms with Crippen molar-refractivity contribution in [2.75, 3.05) is 20.2 Å². The molecule has 1 aromatic heterocycles. The van der Waals surface area contributed by atoms with E-state index in [1.54, 1.807) is 0 Å². The second-order valence-corrected chi connectivity index (χ2v) is 8.16.